The van der Waals surface area contributed by atoms with Crippen LogP contribution in [0, 0.1) is 0 Å². The van der Waals surface area contributed by atoms with Gasteiger partial charge in [0, 0.05) is 12.6 Å². The van der Waals surface area contributed by atoms with Gasteiger partial charge in [0.1, 0.15) is 5.82 Å². The Balaban J connectivity index is 2.44. The minimum Gasteiger partial charge on any atom is -0.385 e. The Morgan fingerprint density at radius 1 is 1.25 bits per heavy atom. The third kappa shape index (κ3) is 2.80. The summed E-state index contributed by atoms with van der Waals surface area (Å²) in [5.74, 6) is 0.345. The molecule has 1 aromatic heterocycles. The molecular formula is C14H24N4O2. The topological polar surface area (TPSA) is 84.1 Å². The lowest BCUT2D eigenvalue weighted by Gasteiger charge is -2.22. The van der Waals surface area contributed by atoms with Crippen molar-refractivity contribution >= 4 is 5.82 Å². The Bertz CT molecular complexity index is 566. The van der Waals surface area contributed by atoms with Gasteiger partial charge in [-0.3, -0.25) is 19.2 Å². The molecule has 0 spiro atoms. The summed E-state index contributed by atoms with van der Waals surface area (Å²) in [5, 5.41) is 0. The van der Waals surface area contributed by atoms with Gasteiger partial charge in [-0.2, -0.15) is 0 Å². The third-order valence-electron chi connectivity index (χ3n) is 4.25. The Labute approximate surface area is 118 Å². The summed E-state index contributed by atoms with van der Waals surface area (Å²) >= 11 is 0. The highest BCUT2D eigenvalue weighted by Crippen LogP contribution is 2.30. The van der Waals surface area contributed by atoms with E-state index in [4.69, 9.17) is 5.73 Å². The lowest BCUT2D eigenvalue weighted by atomic mass is 10.2. The fraction of sp³-hybridized carbons (Fsp3) is 0.714. The zero-order valence-electron chi connectivity index (χ0n) is 12.3. The number of nitrogens with zero attached hydrogens (tertiary/aromatic N) is 2. The summed E-state index contributed by atoms with van der Waals surface area (Å²) in [6.07, 6.45) is 4.14. The van der Waals surface area contributed by atoms with Crippen molar-refractivity contribution < 1.29 is 0 Å². The lowest BCUT2D eigenvalue weighted by molar-refractivity contribution is 0.293. The van der Waals surface area contributed by atoms with E-state index in [1.165, 1.54) is 0 Å². The molecule has 0 aromatic carbocycles. The highest BCUT2D eigenvalue weighted by Gasteiger charge is 2.23. The van der Waals surface area contributed by atoms with Crippen molar-refractivity contribution in [3.63, 3.8) is 0 Å². The number of hydrogen-bond donors (Lipinski definition) is 2. The van der Waals surface area contributed by atoms with Gasteiger partial charge in [0.2, 0.25) is 0 Å². The quantitative estimate of drug-likeness (QED) is 0.845. The Morgan fingerprint density at radius 2 is 1.85 bits per heavy atom. The molecule has 0 saturated heterocycles. The van der Waals surface area contributed by atoms with Crippen molar-refractivity contribution in [2.24, 2.45) is 0 Å². The standard InChI is InChI=1S/C14H24N4O2/c1-3-17(4-2)9-11-12(15)18(10-7-5-6-8-10)14(20)16-13(11)19/h10H,3-9,15H2,1-2H3,(H,16,19,20). The summed E-state index contributed by atoms with van der Waals surface area (Å²) in [7, 11) is 0. The number of nitrogens with two attached hydrogens (primary N) is 1. The fourth-order valence-corrected chi connectivity index (χ4v) is 2.95. The van der Waals surface area contributed by atoms with Crippen LogP contribution in [-0.4, -0.2) is 27.5 Å². The van der Waals surface area contributed by atoms with Gasteiger partial charge >= 0.3 is 5.69 Å². The number of aromatic amines is 1. The molecule has 6 nitrogen and oxygen atoms in total. The maximum Gasteiger partial charge on any atom is 0.330 e. The number of H-pyrrole nitrogens is 1. The third-order valence-corrected chi connectivity index (χ3v) is 4.25. The maximum atomic E-state index is 12.0. The Hall–Kier alpha value is -1.56. The van der Waals surface area contributed by atoms with E-state index in [-0.39, 0.29) is 17.3 Å². The van der Waals surface area contributed by atoms with Crippen LogP contribution in [0.4, 0.5) is 5.82 Å². The van der Waals surface area contributed by atoms with Crippen LogP contribution in [0.3, 0.4) is 0 Å². The van der Waals surface area contributed by atoms with Gasteiger partial charge < -0.3 is 5.73 Å². The number of aromatic nitrogens is 2. The molecule has 0 aliphatic heterocycles. The van der Waals surface area contributed by atoms with E-state index in [0.29, 0.717) is 17.9 Å². The number of nitrogens with one attached hydrogen (secondary N) is 1. The molecule has 6 heteroatoms. The van der Waals surface area contributed by atoms with E-state index in [1.807, 2.05) is 13.8 Å². The molecule has 2 rings (SSSR count). The summed E-state index contributed by atoms with van der Waals surface area (Å²) in [6, 6.07) is 0.134. The normalized spacial score (nSPS) is 16.1. The first-order valence-electron chi connectivity index (χ1n) is 7.44. The summed E-state index contributed by atoms with van der Waals surface area (Å²) in [4.78, 5) is 28.6. The van der Waals surface area contributed by atoms with Crippen LogP contribution in [0.5, 0.6) is 0 Å². The van der Waals surface area contributed by atoms with Crippen LogP contribution in [0.2, 0.25) is 0 Å². The average molecular weight is 280 g/mol. The second kappa shape index (κ2) is 6.26. The average Bonchev–Trinajstić information content (AvgIpc) is 2.92. The van der Waals surface area contributed by atoms with Crippen molar-refractivity contribution in [1.29, 1.82) is 0 Å². The first kappa shape index (κ1) is 14.8. The van der Waals surface area contributed by atoms with Crippen LogP contribution in [0.25, 0.3) is 0 Å². The minimum atomic E-state index is -0.373. The maximum absolute atomic E-state index is 12.0. The van der Waals surface area contributed by atoms with Gasteiger partial charge in [-0.05, 0) is 25.9 Å². The van der Waals surface area contributed by atoms with Crippen LogP contribution in [-0.2, 0) is 6.54 Å². The van der Waals surface area contributed by atoms with Crippen molar-refractivity contribution in [3.05, 3.63) is 26.4 Å². The summed E-state index contributed by atoms with van der Waals surface area (Å²) < 4.78 is 1.59. The molecule has 0 radical (unpaired) electrons. The second-order valence-corrected chi connectivity index (χ2v) is 5.39. The number of rotatable bonds is 5. The zero-order valence-corrected chi connectivity index (χ0v) is 12.3. The SMILES string of the molecule is CCN(CC)Cc1c(N)n(C2CCCC2)c(=O)[nH]c1=O. The van der Waals surface area contributed by atoms with Gasteiger partial charge in [-0.25, -0.2) is 4.79 Å². The van der Waals surface area contributed by atoms with Gasteiger partial charge in [0.05, 0.1) is 5.56 Å². The smallest absolute Gasteiger partial charge is 0.330 e. The van der Waals surface area contributed by atoms with Crippen LogP contribution < -0.4 is 17.0 Å². The molecular weight excluding hydrogens is 256 g/mol. The van der Waals surface area contributed by atoms with E-state index in [2.05, 4.69) is 9.88 Å². The van der Waals surface area contributed by atoms with E-state index in [0.717, 1.165) is 38.8 Å². The molecule has 1 aliphatic rings. The van der Waals surface area contributed by atoms with Crippen LogP contribution in [0.1, 0.15) is 51.1 Å². The van der Waals surface area contributed by atoms with E-state index in [9.17, 15) is 9.59 Å². The van der Waals surface area contributed by atoms with Crippen LogP contribution >= 0.6 is 0 Å². The van der Waals surface area contributed by atoms with Gasteiger partial charge in [0.25, 0.3) is 5.56 Å². The minimum absolute atomic E-state index is 0.134. The molecule has 112 valence electrons. The largest absolute Gasteiger partial charge is 0.385 e. The lowest BCUT2D eigenvalue weighted by Crippen LogP contribution is -2.38. The highest BCUT2D eigenvalue weighted by molar-refractivity contribution is 5.39. The van der Waals surface area contributed by atoms with Gasteiger partial charge in [0.15, 0.2) is 0 Å². The molecule has 1 aromatic rings. The molecule has 1 aliphatic carbocycles. The first-order valence-corrected chi connectivity index (χ1v) is 7.44. The molecule has 1 fully saturated rings. The zero-order chi connectivity index (χ0) is 14.7. The molecule has 0 bridgehead atoms. The number of anilines is 1. The summed E-state index contributed by atoms with van der Waals surface area (Å²) in [6.45, 7) is 6.26. The second-order valence-electron chi connectivity index (χ2n) is 5.39. The molecule has 0 atom stereocenters. The fourth-order valence-electron chi connectivity index (χ4n) is 2.95. The monoisotopic (exact) mass is 280 g/mol. The van der Waals surface area contributed by atoms with E-state index < -0.39 is 0 Å². The predicted molar refractivity (Wildman–Crippen MR) is 79.9 cm³/mol. The first-order chi connectivity index (χ1) is 9.58. The molecule has 1 saturated carbocycles. The van der Waals surface area contributed by atoms with Gasteiger partial charge in [-0.15, -0.1) is 0 Å². The van der Waals surface area contributed by atoms with Crippen molar-refractivity contribution in [2.75, 3.05) is 18.8 Å². The van der Waals surface area contributed by atoms with E-state index in [1.54, 1.807) is 4.57 Å². The van der Waals surface area contributed by atoms with Crippen LogP contribution in [0.15, 0.2) is 9.59 Å². The molecule has 20 heavy (non-hydrogen) atoms. The van der Waals surface area contributed by atoms with Crippen molar-refractivity contribution in [3.8, 4) is 0 Å². The molecule has 0 amide bonds. The molecule has 1 heterocycles. The van der Waals surface area contributed by atoms with Crippen molar-refractivity contribution in [2.45, 2.75) is 52.1 Å². The Kier molecular flexibility index (Phi) is 4.65. The molecule has 3 N–H and O–H groups in total. The summed E-state index contributed by atoms with van der Waals surface area (Å²) in [5.41, 5.74) is 5.93. The number of hydrogen-bond acceptors (Lipinski definition) is 4. The Morgan fingerprint density at radius 3 is 2.40 bits per heavy atom. The number of nitrogen functional groups attached to an aromatic ring is 1. The van der Waals surface area contributed by atoms with Crippen molar-refractivity contribution in [1.82, 2.24) is 14.5 Å². The predicted octanol–water partition coefficient (Wildman–Crippen LogP) is 1.08. The van der Waals surface area contributed by atoms with Gasteiger partial charge in [-0.1, -0.05) is 26.7 Å². The highest BCUT2D eigenvalue weighted by atomic mass is 16.2. The van der Waals surface area contributed by atoms with E-state index >= 15 is 0 Å². The molecule has 0 unspecified atom stereocenters.